The van der Waals surface area contributed by atoms with Crippen LogP contribution in [0.4, 0.5) is 10.2 Å². The van der Waals surface area contributed by atoms with Crippen molar-refractivity contribution < 1.29 is 17.6 Å². The molecule has 0 bridgehead atoms. The fourth-order valence-corrected chi connectivity index (χ4v) is 3.76. The number of benzene rings is 2. The Morgan fingerprint density at radius 3 is 2.11 bits per heavy atom. The van der Waals surface area contributed by atoms with Gasteiger partial charge in [-0.3, -0.25) is 9.78 Å². The van der Waals surface area contributed by atoms with Crippen LogP contribution >= 0.6 is 23.2 Å². The van der Waals surface area contributed by atoms with E-state index in [2.05, 4.69) is 10.3 Å². The minimum absolute atomic E-state index is 0.105. The average molecular weight is 442 g/mol. The van der Waals surface area contributed by atoms with E-state index in [-0.39, 0.29) is 15.5 Å². The van der Waals surface area contributed by atoms with Crippen LogP contribution in [-0.2, 0) is 9.84 Å². The highest BCUT2D eigenvalue weighted by Gasteiger charge is 2.27. The number of hydrogen-bond donors (Lipinski definition) is 2. The van der Waals surface area contributed by atoms with E-state index in [4.69, 9.17) is 23.2 Å². The largest absolute Gasteiger partial charge is 0.348 e. The second-order valence-corrected chi connectivity index (χ2v) is 8.21. The number of carbonyl (C=O) groups is 1. The number of anilines is 1. The normalized spacial score (nSPS) is 11.2. The minimum atomic E-state index is -4.44. The van der Waals surface area contributed by atoms with Crippen LogP contribution < -0.4 is 11.0 Å². The molecule has 0 aliphatic rings. The van der Waals surface area contributed by atoms with E-state index in [1.54, 1.807) is 0 Å². The van der Waals surface area contributed by atoms with Gasteiger partial charge in [-0.2, -0.15) is 9.37 Å². The summed E-state index contributed by atoms with van der Waals surface area (Å²) in [6.07, 6.45) is 0. The summed E-state index contributed by atoms with van der Waals surface area (Å²) in [6, 6.07) is 10.5. The van der Waals surface area contributed by atoms with Gasteiger partial charge in [-0.15, -0.1) is 0 Å². The summed E-state index contributed by atoms with van der Waals surface area (Å²) in [7, 11) is -4.44. The molecule has 0 fully saturated rings. The van der Waals surface area contributed by atoms with Crippen LogP contribution in [0.1, 0.15) is 10.4 Å². The lowest BCUT2D eigenvalue weighted by atomic mass is 10.2. The summed E-state index contributed by atoms with van der Waals surface area (Å²) in [6.45, 7) is 0. The third kappa shape index (κ3) is 4.06. The van der Waals surface area contributed by atoms with Gasteiger partial charge in [0.05, 0.1) is 4.90 Å². The lowest BCUT2D eigenvalue weighted by Crippen LogP contribution is -2.23. The fourth-order valence-electron chi connectivity index (χ4n) is 2.22. The van der Waals surface area contributed by atoms with Gasteiger partial charge in [-0.25, -0.2) is 13.2 Å². The molecular weight excluding hydrogens is 432 g/mol. The SMILES string of the molecule is O=C(Nc1nc(=O)[nH]c(S(=O)(=O)c2ccc(Cl)cc2)c1F)c1ccc(Cl)cc1. The molecule has 11 heteroatoms. The molecule has 0 spiro atoms. The molecule has 0 unspecified atom stereocenters. The highest BCUT2D eigenvalue weighted by atomic mass is 35.5. The molecular formula is C17H10Cl2FN3O4S. The van der Waals surface area contributed by atoms with Crippen molar-refractivity contribution in [1.29, 1.82) is 0 Å². The molecule has 0 saturated heterocycles. The first kappa shape index (κ1) is 20.0. The summed E-state index contributed by atoms with van der Waals surface area (Å²) < 4.78 is 40.1. The van der Waals surface area contributed by atoms with Crippen molar-refractivity contribution in [2.24, 2.45) is 0 Å². The molecule has 0 atom stereocenters. The zero-order chi connectivity index (χ0) is 20.5. The van der Waals surface area contributed by atoms with E-state index in [0.717, 1.165) is 12.1 Å². The molecule has 2 aromatic carbocycles. The summed E-state index contributed by atoms with van der Waals surface area (Å²) in [5.41, 5.74) is -1.05. The standard InChI is InChI=1S/C17H10Cl2FN3O4S/c18-10-3-1-9(2-4-10)15(24)21-14-13(20)16(23-17(25)22-14)28(26,27)12-7-5-11(19)6-8-12/h1-8H,(H2,21,22,23,24,25). The first-order chi connectivity index (χ1) is 13.2. The van der Waals surface area contributed by atoms with E-state index in [1.165, 1.54) is 36.4 Å². The molecule has 2 N–H and O–H groups in total. The Hall–Kier alpha value is -2.75. The van der Waals surface area contributed by atoms with Crippen LogP contribution in [0.15, 0.2) is 63.2 Å². The number of rotatable bonds is 4. The lowest BCUT2D eigenvalue weighted by molar-refractivity contribution is 0.102. The highest BCUT2D eigenvalue weighted by Crippen LogP contribution is 2.25. The Bertz CT molecular complexity index is 1210. The zero-order valence-electron chi connectivity index (χ0n) is 13.7. The molecule has 0 saturated carbocycles. The number of carbonyl (C=O) groups excluding carboxylic acids is 1. The van der Waals surface area contributed by atoms with Crippen molar-refractivity contribution in [2.75, 3.05) is 5.32 Å². The predicted octanol–water partition coefficient (Wildman–Crippen LogP) is 3.30. The van der Waals surface area contributed by atoms with E-state index in [0.29, 0.717) is 5.02 Å². The maximum atomic E-state index is 14.8. The van der Waals surface area contributed by atoms with Crippen molar-refractivity contribution in [1.82, 2.24) is 9.97 Å². The number of sulfone groups is 1. The molecule has 144 valence electrons. The van der Waals surface area contributed by atoms with Gasteiger partial charge < -0.3 is 5.32 Å². The first-order valence-corrected chi connectivity index (χ1v) is 9.80. The lowest BCUT2D eigenvalue weighted by Gasteiger charge is -2.09. The maximum Gasteiger partial charge on any atom is 0.348 e. The van der Waals surface area contributed by atoms with Gasteiger partial charge in [0.2, 0.25) is 15.7 Å². The van der Waals surface area contributed by atoms with Crippen molar-refractivity contribution in [2.45, 2.75) is 9.92 Å². The molecule has 1 aromatic heterocycles. The minimum Gasteiger partial charge on any atom is -0.304 e. The van der Waals surface area contributed by atoms with Crippen LogP contribution in [-0.4, -0.2) is 24.3 Å². The number of halogens is 3. The highest BCUT2D eigenvalue weighted by molar-refractivity contribution is 7.91. The van der Waals surface area contributed by atoms with E-state index >= 15 is 0 Å². The topological polar surface area (TPSA) is 109 Å². The zero-order valence-corrected chi connectivity index (χ0v) is 16.1. The summed E-state index contributed by atoms with van der Waals surface area (Å²) in [5.74, 6) is -3.03. The van der Waals surface area contributed by atoms with Crippen molar-refractivity contribution in [3.8, 4) is 0 Å². The number of hydrogen-bond acceptors (Lipinski definition) is 5. The quantitative estimate of drug-likeness (QED) is 0.603. The second kappa shape index (κ2) is 7.70. The molecule has 0 aliphatic carbocycles. The molecule has 3 aromatic rings. The third-order valence-electron chi connectivity index (χ3n) is 3.57. The summed E-state index contributed by atoms with van der Waals surface area (Å²) in [5, 5.41) is 1.72. The van der Waals surface area contributed by atoms with Crippen molar-refractivity contribution in [3.63, 3.8) is 0 Å². The Labute approximate surface area is 168 Å². The van der Waals surface area contributed by atoms with Gasteiger partial charge in [-0.1, -0.05) is 23.2 Å². The molecule has 0 radical (unpaired) electrons. The molecule has 0 aliphatic heterocycles. The van der Waals surface area contributed by atoms with E-state index < -0.39 is 38.1 Å². The van der Waals surface area contributed by atoms with Gasteiger partial charge in [0.25, 0.3) is 5.91 Å². The monoisotopic (exact) mass is 441 g/mol. The molecule has 1 heterocycles. The van der Waals surface area contributed by atoms with Gasteiger partial charge >= 0.3 is 5.69 Å². The molecule has 3 rings (SSSR count). The van der Waals surface area contributed by atoms with Crippen LogP contribution in [0.2, 0.25) is 10.0 Å². The number of aromatic nitrogens is 2. The first-order valence-electron chi connectivity index (χ1n) is 7.56. The van der Waals surface area contributed by atoms with Gasteiger partial charge in [0, 0.05) is 15.6 Å². The smallest absolute Gasteiger partial charge is 0.304 e. The van der Waals surface area contributed by atoms with Crippen LogP contribution in [0.3, 0.4) is 0 Å². The Kier molecular flexibility index (Phi) is 5.50. The van der Waals surface area contributed by atoms with E-state index in [9.17, 15) is 22.4 Å². The Balaban J connectivity index is 2.02. The van der Waals surface area contributed by atoms with Crippen molar-refractivity contribution >= 4 is 44.8 Å². The van der Waals surface area contributed by atoms with Gasteiger partial charge in [0.1, 0.15) is 0 Å². The van der Waals surface area contributed by atoms with Gasteiger partial charge in [0.15, 0.2) is 10.8 Å². The van der Waals surface area contributed by atoms with Crippen LogP contribution in [0.25, 0.3) is 0 Å². The number of aromatic amines is 1. The number of H-pyrrole nitrogens is 1. The number of nitrogens with zero attached hydrogens (tertiary/aromatic N) is 1. The Morgan fingerprint density at radius 1 is 1.00 bits per heavy atom. The maximum absolute atomic E-state index is 14.8. The fraction of sp³-hybridized carbons (Fsp3) is 0. The van der Waals surface area contributed by atoms with Crippen LogP contribution in [0, 0.1) is 5.82 Å². The molecule has 7 nitrogen and oxygen atoms in total. The van der Waals surface area contributed by atoms with E-state index in [1.807, 2.05) is 4.98 Å². The van der Waals surface area contributed by atoms with Crippen LogP contribution in [0.5, 0.6) is 0 Å². The third-order valence-corrected chi connectivity index (χ3v) is 5.79. The predicted molar refractivity (Wildman–Crippen MR) is 101 cm³/mol. The Morgan fingerprint density at radius 2 is 1.54 bits per heavy atom. The number of nitrogens with one attached hydrogen (secondary N) is 2. The second-order valence-electron chi connectivity index (χ2n) is 5.45. The van der Waals surface area contributed by atoms with Gasteiger partial charge in [-0.05, 0) is 48.5 Å². The average Bonchev–Trinajstić information content (AvgIpc) is 2.65. The molecule has 1 amide bonds. The molecule has 28 heavy (non-hydrogen) atoms. The number of amides is 1. The van der Waals surface area contributed by atoms with Crippen molar-refractivity contribution in [3.05, 3.63) is 80.4 Å². The summed E-state index contributed by atoms with van der Waals surface area (Å²) >= 11 is 11.5. The summed E-state index contributed by atoms with van der Waals surface area (Å²) in [4.78, 5) is 28.9.